The van der Waals surface area contributed by atoms with Crippen LogP contribution in [0, 0.1) is 11.3 Å². The third-order valence-corrected chi connectivity index (χ3v) is 2.71. The van der Waals surface area contributed by atoms with Crippen molar-refractivity contribution in [3.63, 3.8) is 0 Å². The number of ether oxygens (including phenoxy) is 1. The predicted molar refractivity (Wildman–Crippen MR) is 53.1 cm³/mol. The van der Waals surface area contributed by atoms with Crippen molar-refractivity contribution in [2.75, 3.05) is 18.9 Å². The van der Waals surface area contributed by atoms with Gasteiger partial charge in [0.2, 0.25) is 10.0 Å². The molecule has 1 N–H and O–H groups in total. The molecule has 0 heterocycles. The van der Waals surface area contributed by atoms with E-state index < -0.39 is 10.0 Å². The van der Waals surface area contributed by atoms with Gasteiger partial charge in [-0.15, -0.1) is 0 Å². The highest BCUT2D eigenvalue weighted by Gasteiger charge is 2.09. The fourth-order valence-corrected chi connectivity index (χ4v) is 1.60. The molecule has 0 radical (unpaired) electrons. The van der Waals surface area contributed by atoms with E-state index in [2.05, 4.69) is 4.72 Å². The highest BCUT2D eigenvalue weighted by atomic mass is 32.2. The van der Waals surface area contributed by atoms with Crippen molar-refractivity contribution in [2.24, 2.45) is 0 Å². The van der Waals surface area contributed by atoms with Gasteiger partial charge in [-0.1, -0.05) is 0 Å². The molecular weight excluding hydrogens is 204 g/mol. The van der Waals surface area contributed by atoms with E-state index >= 15 is 0 Å². The summed E-state index contributed by atoms with van der Waals surface area (Å²) in [6.07, 6.45) is 0.217. The highest BCUT2D eigenvalue weighted by molar-refractivity contribution is 7.89. The average molecular weight is 220 g/mol. The molecule has 6 heteroatoms. The number of nitrogens with zero attached hydrogens (tertiary/aromatic N) is 1. The third-order valence-electron chi connectivity index (χ3n) is 1.36. The monoisotopic (exact) mass is 220 g/mol. The third kappa shape index (κ3) is 7.98. The Morgan fingerprint density at radius 3 is 2.64 bits per heavy atom. The van der Waals surface area contributed by atoms with E-state index in [0.29, 0.717) is 0 Å². The average Bonchev–Trinajstić information content (AvgIpc) is 2.03. The van der Waals surface area contributed by atoms with Crippen LogP contribution in [-0.4, -0.2) is 33.4 Å². The Labute approximate surface area is 85.1 Å². The van der Waals surface area contributed by atoms with Gasteiger partial charge in [-0.2, -0.15) is 5.26 Å². The largest absolute Gasteiger partial charge is 0.378 e. The minimum atomic E-state index is -3.28. The highest BCUT2D eigenvalue weighted by Crippen LogP contribution is 1.90. The van der Waals surface area contributed by atoms with Crippen LogP contribution in [0.1, 0.15) is 20.3 Å². The van der Waals surface area contributed by atoms with Gasteiger partial charge < -0.3 is 4.74 Å². The van der Waals surface area contributed by atoms with Crippen LogP contribution >= 0.6 is 0 Å². The van der Waals surface area contributed by atoms with Gasteiger partial charge in [0.15, 0.2) is 0 Å². The van der Waals surface area contributed by atoms with Crippen LogP contribution in [0.15, 0.2) is 0 Å². The van der Waals surface area contributed by atoms with E-state index in [1.807, 2.05) is 19.9 Å². The molecule has 0 bridgehead atoms. The maximum Gasteiger partial charge on any atom is 0.213 e. The summed E-state index contributed by atoms with van der Waals surface area (Å²) in [5.41, 5.74) is 0. The second-order valence-corrected chi connectivity index (χ2v) is 4.97. The fourth-order valence-electron chi connectivity index (χ4n) is 0.728. The van der Waals surface area contributed by atoms with E-state index in [9.17, 15) is 8.42 Å². The molecular formula is C8H16N2O3S. The van der Waals surface area contributed by atoms with Crippen LogP contribution in [0.4, 0.5) is 0 Å². The summed E-state index contributed by atoms with van der Waals surface area (Å²) in [5, 5.41) is 8.20. The lowest BCUT2D eigenvalue weighted by Crippen LogP contribution is -2.29. The zero-order valence-electron chi connectivity index (χ0n) is 8.49. The van der Waals surface area contributed by atoms with E-state index in [0.717, 1.165) is 0 Å². The summed E-state index contributed by atoms with van der Waals surface area (Å²) >= 11 is 0. The number of hydrogen-bond donors (Lipinski definition) is 1. The van der Waals surface area contributed by atoms with Crippen molar-refractivity contribution in [3.05, 3.63) is 0 Å². The van der Waals surface area contributed by atoms with Crippen LogP contribution < -0.4 is 4.72 Å². The van der Waals surface area contributed by atoms with Crippen molar-refractivity contribution in [3.8, 4) is 6.07 Å². The van der Waals surface area contributed by atoms with Gasteiger partial charge in [-0.25, -0.2) is 13.1 Å². The summed E-state index contributed by atoms with van der Waals surface area (Å²) in [5.74, 6) is -0.0589. The normalized spacial score (nSPS) is 11.6. The van der Waals surface area contributed by atoms with E-state index in [1.165, 1.54) is 0 Å². The van der Waals surface area contributed by atoms with Crippen LogP contribution in [0.5, 0.6) is 0 Å². The van der Waals surface area contributed by atoms with Gasteiger partial charge in [0.1, 0.15) is 0 Å². The van der Waals surface area contributed by atoms with Gasteiger partial charge in [-0.3, -0.25) is 0 Å². The summed E-state index contributed by atoms with van der Waals surface area (Å²) in [6, 6.07) is 1.86. The van der Waals surface area contributed by atoms with Gasteiger partial charge in [0.05, 0.1) is 24.5 Å². The first-order valence-electron chi connectivity index (χ1n) is 4.44. The van der Waals surface area contributed by atoms with Crippen molar-refractivity contribution in [1.82, 2.24) is 4.72 Å². The molecule has 0 unspecified atom stereocenters. The van der Waals surface area contributed by atoms with Crippen molar-refractivity contribution >= 4 is 10.0 Å². The maximum absolute atomic E-state index is 11.2. The summed E-state index contributed by atoms with van der Waals surface area (Å²) in [6.45, 7) is 4.03. The minimum absolute atomic E-state index is 0.0318. The lowest BCUT2D eigenvalue weighted by Gasteiger charge is -2.08. The van der Waals surface area contributed by atoms with Gasteiger partial charge in [0.25, 0.3) is 0 Å². The van der Waals surface area contributed by atoms with Gasteiger partial charge in [-0.05, 0) is 13.8 Å². The summed E-state index contributed by atoms with van der Waals surface area (Å²) in [4.78, 5) is 0. The quantitative estimate of drug-likeness (QED) is 0.623. The SMILES string of the molecule is CC(C)OCCS(=O)(=O)NCCC#N. The Morgan fingerprint density at radius 1 is 1.50 bits per heavy atom. The first kappa shape index (κ1) is 13.4. The molecule has 0 atom stereocenters. The van der Waals surface area contributed by atoms with Crippen LogP contribution in [0.3, 0.4) is 0 Å². The second kappa shape index (κ2) is 6.76. The van der Waals surface area contributed by atoms with Crippen molar-refractivity contribution in [1.29, 1.82) is 5.26 Å². The molecule has 0 aliphatic carbocycles. The van der Waals surface area contributed by atoms with Crippen LogP contribution in [0.2, 0.25) is 0 Å². The Hall–Kier alpha value is -0.640. The smallest absolute Gasteiger partial charge is 0.213 e. The molecule has 5 nitrogen and oxygen atoms in total. The lowest BCUT2D eigenvalue weighted by molar-refractivity contribution is 0.0911. The van der Waals surface area contributed by atoms with Crippen molar-refractivity contribution in [2.45, 2.75) is 26.4 Å². The first-order valence-corrected chi connectivity index (χ1v) is 6.09. The van der Waals surface area contributed by atoms with E-state index in [4.69, 9.17) is 10.00 Å². The Kier molecular flexibility index (Phi) is 6.45. The Bertz CT molecular complexity index is 279. The zero-order chi connectivity index (χ0) is 11.0. The maximum atomic E-state index is 11.2. The number of nitriles is 1. The van der Waals surface area contributed by atoms with Crippen LogP contribution in [-0.2, 0) is 14.8 Å². The molecule has 0 aromatic rings. The first-order chi connectivity index (χ1) is 6.48. The van der Waals surface area contributed by atoms with E-state index in [-0.39, 0.29) is 31.4 Å². The second-order valence-electron chi connectivity index (χ2n) is 3.04. The molecule has 0 aliphatic heterocycles. The molecule has 0 spiro atoms. The zero-order valence-corrected chi connectivity index (χ0v) is 9.30. The predicted octanol–water partition coefficient (Wildman–Crippen LogP) is 0.244. The van der Waals surface area contributed by atoms with Gasteiger partial charge >= 0.3 is 0 Å². The molecule has 0 aromatic heterocycles. The van der Waals surface area contributed by atoms with Crippen molar-refractivity contribution < 1.29 is 13.2 Å². The standard InChI is InChI=1S/C8H16N2O3S/c1-8(2)13-6-7-14(11,12)10-5-3-4-9/h8,10H,3,5-7H2,1-2H3. The van der Waals surface area contributed by atoms with Gasteiger partial charge in [0, 0.05) is 13.0 Å². The number of sulfonamides is 1. The molecule has 0 fully saturated rings. The number of rotatable bonds is 7. The molecule has 0 amide bonds. The molecule has 0 saturated carbocycles. The molecule has 14 heavy (non-hydrogen) atoms. The number of nitrogens with one attached hydrogen (secondary N) is 1. The van der Waals surface area contributed by atoms with E-state index in [1.54, 1.807) is 0 Å². The molecule has 82 valence electrons. The lowest BCUT2D eigenvalue weighted by atomic mass is 10.5. The fraction of sp³-hybridized carbons (Fsp3) is 0.875. The summed E-state index contributed by atoms with van der Waals surface area (Å²) < 4.78 is 29.8. The number of hydrogen-bond acceptors (Lipinski definition) is 4. The topological polar surface area (TPSA) is 79.2 Å². The Morgan fingerprint density at radius 2 is 2.14 bits per heavy atom. The molecule has 0 aliphatic rings. The molecule has 0 aromatic carbocycles. The summed E-state index contributed by atoms with van der Waals surface area (Å²) in [7, 11) is -3.28. The van der Waals surface area contributed by atoms with Crippen LogP contribution in [0.25, 0.3) is 0 Å². The molecule has 0 saturated heterocycles. The minimum Gasteiger partial charge on any atom is -0.378 e. The molecule has 0 rings (SSSR count). The Balaban J connectivity index is 3.69.